The molecule has 0 saturated carbocycles. The Balaban J connectivity index is 0. The van der Waals surface area contributed by atoms with Gasteiger partial charge in [0.1, 0.15) is 0 Å². The van der Waals surface area contributed by atoms with Crippen LogP contribution < -0.4 is 24.0 Å². The minimum Gasteiger partial charge on any atom is -0.550 e. The van der Waals surface area contributed by atoms with Crippen molar-refractivity contribution >= 4 is 21.6 Å². The second kappa shape index (κ2) is 11.1. The smallest absolute Gasteiger partial charge is 0.550 e. The number of aliphatic hydroxyl groups is 2. The molecular formula is C10H21LiO11P2. The SMILES string of the molecule is CC(O)(CC(=O)[O-])CC(O)CCCCOP(=O)(O)OP(=O)(O)O.[Li+]. The van der Waals surface area contributed by atoms with E-state index in [9.17, 15) is 29.2 Å². The Morgan fingerprint density at radius 3 is 2.25 bits per heavy atom. The summed E-state index contributed by atoms with van der Waals surface area (Å²) in [6.07, 6.45) is -1.21. The van der Waals surface area contributed by atoms with Gasteiger partial charge in [-0.1, -0.05) is 0 Å². The van der Waals surface area contributed by atoms with E-state index in [2.05, 4.69) is 8.83 Å². The molecule has 5 N–H and O–H groups in total. The molecule has 0 aliphatic rings. The molecule has 0 aliphatic carbocycles. The Kier molecular flexibility index (Phi) is 12.2. The Hall–Kier alpha value is 0.247. The molecule has 0 bridgehead atoms. The first-order valence-electron chi connectivity index (χ1n) is 6.57. The van der Waals surface area contributed by atoms with Crippen LogP contribution in [-0.2, 0) is 22.8 Å². The summed E-state index contributed by atoms with van der Waals surface area (Å²) in [4.78, 5) is 36.1. The summed E-state index contributed by atoms with van der Waals surface area (Å²) in [5, 5.41) is 29.8. The van der Waals surface area contributed by atoms with Crippen LogP contribution in [0.2, 0.25) is 0 Å². The Morgan fingerprint density at radius 1 is 1.25 bits per heavy atom. The molecule has 0 aromatic rings. The van der Waals surface area contributed by atoms with Crippen LogP contribution in [-0.4, -0.2) is 49.2 Å². The number of unbranched alkanes of at least 4 members (excludes halogenated alkanes) is 1. The molecule has 11 nitrogen and oxygen atoms in total. The summed E-state index contributed by atoms with van der Waals surface area (Å²) in [6.45, 7) is 0.895. The van der Waals surface area contributed by atoms with Gasteiger partial charge in [0, 0.05) is 18.8 Å². The van der Waals surface area contributed by atoms with Gasteiger partial charge in [-0.05, 0) is 26.2 Å². The molecule has 0 spiro atoms. The number of aliphatic carboxylic acids is 1. The molecule has 3 unspecified atom stereocenters. The predicted molar refractivity (Wildman–Crippen MR) is 73.6 cm³/mol. The fraction of sp³-hybridized carbons (Fsp3) is 0.900. The Bertz CT molecular complexity index is 477. The van der Waals surface area contributed by atoms with Crippen molar-refractivity contribution in [1.82, 2.24) is 0 Å². The van der Waals surface area contributed by atoms with E-state index in [1.807, 2.05) is 0 Å². The molecule has 0 rings (SSSR count). The Labute approximate surface area is 151 Å². The van der Waals surface area contributed by atoms with Gasteiger partial charge in [0.2, 0.25) is 0 Å². The summed E-state index contributed by atoms with van der Waals surface area (Å²) < 4.78 is 29.4. The number of carbonyl (C=O) groups excluding carboxylic acids is 1. The average Bonchev–Trinajstić information content (AvgIpc) is 2.21. The van der Waals surface area contributed by atoms with Gasteiger partial charge in [-0.2, -0.15) is 4.31 Å². The van der Waals surface area contributed by atoms with E-state index in [0.29, 0.717) is 6.42 Å². The molecule has 0 radical (unpaired) electrons. The monoisotopic (exact) mass is 386 g/mol. The molecule has 0 fully saturated rings. The van der Waals surface area contributed by atoms with Crippen LogP contribution in [0, 0.1) is 0 Å². The van der Waals surface area contributed by atoms with E-state index >= 15 is 0 Å². The van der Waals surface area contributed by atoms with Gasteiger partial charge >= 0.3 is 34.5 Å². The van der Waals surface area contributed by atoms with E-state index < -0.39 is 39.7 Å². The zero-order valence-electron chi connectivity index (χ0n) is 13.4. The zero-order valence-corrected chi connectivity index (χ0v) is 15.2. The van der Waals surface area contributed by atoms with Crippen LogP contribution in [0.3, 0.4) is 0 Å². The number of carbonyl (C=O) groups is 1. The van der Waals surface area contributed by atoms with Crippen LogP contribution in [0.5, 0.6) is 0 Å². The van der Waals surface area contributed by atoms with Crippen molar-refractivity contribution in [3.63, 3.8) is 0 Å². The van der Waals surface area contributed by atoms with Crippen LogP contribution in [0.1, 0.15) is 39.0 Å². The number of hydrogen-bond donors (Lipinski definition) is 5. The minimum atomic E-state index is -5.15. The third-order valence-corrected chi connectivity index (χ3v) is 4.78. The number of carboxylic acids is 1. The van der Waals surface area contributed by atoms with Crippen molar-refractivity contribution in [1.29, 1.82) is 0 Å². The van der Waals surface area contributed by atoms with Gasteiger partial charge in [0.05, 0.1) is 18.3 Å². The van der Waals surface area contributed by atoms with Crippen molar-refractivity contribution in [3.8, 4) is 0 Å². The standard InChI is InChI=1S/C10H22O11P2.Li/c1-10(14,7-9(12)13)6-8(11)4-2-3-5-20-23(18,19)21-22(15,16)17;/h8,11,14H,2-7H2,1H3,(H,12,13)(H,18,19)(H2,15,16,17);/q;+1/p-1. The van der Waals surface area contributed by atoms with Gasteiger partial charge in [0.15, 0.2) is 0 Å². The summed E-state index contributed by atoms with van der Waals surface area (Å²) in [5.74, 6) is -1.45. The fourth-order valence-corrected chi connectivity index (χ4v) is 3.44. The molecule has 0 saturated heterocycles. The Morgan fingerprint density at radius 2 is 1.79 bits per heavy atom. The minimum absolute atomic E-state index is 0. The third kappa shape index (κ3) is 15.8. The average molecular weight is 386 g/mol. The molecule has 0 amide bonds. The van der Waals surface area contributed by atoms with Crippen molar-refractivity contribution in [2.75, 3.05) is 6.61 Å². The quantitative estimate of drug-likeness (QED) is 0.125. The van der Waals surface area contributed by atoms with Crippen LogP contribution in [0.4, 0.5) is 0 Å². The number of rotatable bonds is 12. The van der Waals surface area contributed by atoms with E-state index in [0.717, 1.165) is 0 Å². The van der Waals surface area contributed by atoms with Gasteiger partial charge < -0.3 is 34.8 Å². The number of carboxylic acid groups (broad SMARTS) is 1. The first-order valence-corrected chi connectivity index (χ1v) is 9.59. The second-order valence-electron chi connectivity index (χ2n) is 5.27. The summed E-state index contributed by atoms with van der Waals surface area (Å²) in [7, 11) is -10.0. The summed E-state index contributed by atoms with van der Waals surface area (Å²) in [5.41, 5.74) is -1.62. The second-order valence-corrected chi connectivity index (χ2v) is 8.10. The number of aliphatic hydroxyl groups excluding tert-OH is 1. The molecular weight excluding hydrogens is 365 g/mol. The van der Waals surface area contributed by atoms with Crippen molar-refractivity contribution < 1.29 is 71.6 Å². The van der Waals surface area contributed by atoms with Crippen LogP contribution >= 0.6 is 15.6 Å². The largest absolute Gasteiger partial charge is 1.00 e. The van der Waals surface area contributed by atoms with Crippen molar-refractivity contribution in [2.45, 2.75) is 50.7 Å². The van der Waals surface area contributed by atoms with E-state index in [-0.39, 0.29) is 44.7 Å². The zero-order chi connectivity index (χ0) is 18.3. The van der Waals surface area contributed by atoms with Gasteiger partial charge in [-0.15, -0.1) is 0 Å². The maximum atomic E-state index is 11.1. The first kappa shape index (κ1) is 26.5. The first-order chi connectivity index (χ1) is 10.2. The molecule has 138 valence electrons. The predicted octanol–water partition coefficient (Wildman–Crippen LogP) is -3.97. The molecule has 0 aliphatic heterocycles. The van der Waals surface area contributed by atoms with Gasteiger partial charge in [-0.25, -0.2) is 9.13 Å². The number of hydrogen-bond acceptors (Lipinski definition) is 8. The molecule has 14 heteroatoms. The van der Waals surface area contributed by atoms with E-state index in [4.69, 9.17) is 14.7 Å². The number of phosphoric ester groups is 1. The maximum absolute atomic E-state index is 11.1. The molecule has 0 aromatic heterocycles. The molecule has 0 heterocycles. The van der Waals surface area contributed by atoms with Crippen molar-refractivity contribution in [2.24, 2.45) is 0 Å². The van der Waals surface area contributed by atoms with Crippen molar-refractivity contribution in [3.05, 3.63) is 0 Å². The number of phosphoric acid groups is 2. The third-order valence-electron chi connectivity index (χ3n) is 2.60. The van der Waals surface area contributed by atoms with Gasteiger partial charge in [0.25, 0.3) is 0 Å². The molecule has 24 heavy (non-hydrogen) atoms. The summed E-state index contributed by atoms with van der Waals surface area (Å²) >= 11 is 0. The molecule has 0 aromatic carbocycles. The van der Waals surface area contributed by atoms with E-state index in [1.54, 1.807) is 0 Å². The summed E-state index contributed by atoms with van der Waals surface area (Å²) in [6, 6.07) is 0. The maximum Gasteiger partial charge on any atom is 1.00 e. The van der Waals surface area contributed by atoms with E-state index in [1.165, 1.54) is 6.92 Å². The van der Waals surface area contributed by atoms with Crippen LogP contribution in [0.15, 0.2) is 0 Å². The molecule has 3 atom stereocenters. The fourth-order valence-electron chi connectivity index (χ4n) is 1.81. The topological polar surface area (TPSA) is 194 Å². The van der Waals surface area contributed by atoms with Crippen LogP contribution in [0.25, 0.3) is 0 Å². The van der Waals surface area contributed by atoms with Gasteiger partial charge in [-0.3, -0.25) is 4.52 Å². The normalized spacial score (nSPS) is 18.1.